The van der Waals surface area contributed by atoms with Gasteiger partial charge >= 0.3 is 0 Å². The monoisotopic (exact) mass is 478 g/mol. The number of nitrogens with zero attached hydrogens (tertiary/aromatic N) is 5. The van der Waals surface area contributed by atoms with Crippen LogP contribution in [-0.4, -0.2) is 70.4 Å². The van der Waals surface area contributed by atoms with E-state index in [2.05, 4.69) is 34.3 Å². The minimum atomic E-state index is -0.199. The zero-order valence-electron chi connectivity index (χ0n) is 20.2. The molecular formula is C28H26N6O2. The van der Waals surface area contributed by atoms with Crippen LogP contribution in [0, 0.1) is 0 Å². The molecule has 0 bridgehead atoms. The molecule has 1 atom stereocenters. The SMILES string of the molecule is CN(C)C1CCN(C(=O)c2ccc(Nc3ccc(-c4ccc5c(c4)C=NC5=O)n4ccnc34)cc2)C1. The third-order valence-corrected chi connectivity index (χ3v) is 7.04. The van der Waals surface area contributed by atoms with E-state index in [4.69, 9.17) is 0 Å². The molecule has 0 saturated carbocycles. The summed E-state index contributed by atoms with van der Waals surface area (Å²) in [6.45, 7) is 1.56. The molecule has 8 heteroatoms. The number of anilines is 2. The van der Waals surface area contributed by atoms with Crippen molar-refractivity contribution in [1.82, 2.24) is 19.2 Å². The summed E-state index contributed by atoms with van der Waals surface area (Å²) in [5.74, 6) is -0.123. The summed E-state index contributed by atoms with van der Waals surface area (Å²) < 4.78 is 2.02. The van der Waals surface area contributed by atoms with Crippen LogP contribution in [0.4, 0.5) is 11.4 Å². The Morgan fingerprint density at radius 2 is 1.92 bits per heavy atom. The molecule has 0 spiro atoms. The van der Waals surface area contributed by atoms with Crippen molar-refractivity contribution in [3.8, 4) is 11.3 Å². The Bertz CT molecular complexity index is 1520. The largest absolute Gasteiger partial charge is 0.352 e. The van der Waals surface area contributed by atoms with Crippen molar-refractivity contribution in [2.24, 2.45) is 4.99 Å². The van der Waals surface area contributed by atoms with Gasteiger partial charge in [0, 0.05) is 54.6 Å². The van der Waals surface area contributed by atoms with Gasteiger partial charge in [0.15, 0.2) is 5.65 Å². The number of fused-ring (bicyclic) bond motifs is 2. The second-order valence-corrected chi connectivity index (χ2v) is 9.48. The first-order chi connectivity index (χ1) is 17.5. The highest BCUT2D eigenvalue weighted by atomic mass is 16.2. The Labute approximate surface area is 208 Å². The molecule has 8 nitrogen and oxygen atoms in total. The van der Waals surface area contributed by atoms with Gasteiger partial charge < -0.3 is 15.1 Å². The molecule has 36 heavy (non-hydrogen) atoms. The van der Waals surface area contributed by atoms with Gasteiger partial charge in [-0.1, -0.05) is 6.07 Å². The van der Waals surface area contributed by atoms with E-state index in [1.807, 2.05) is 70.1 Å². The highest BCUT2D eigenvalue weighted by molar-refractivity contribution is 6.13. The van der Waals surface area contributed by atoms with E-state index in [-0.39, 0.29) is 11.8 Å². The zero-order chi connectivity index (χ0) is 24.8. The molecule has 4 heterocycles. The van der Waals surface area contributed by atoms with Crippen molar-refractivity contribution < 1.29 is 9.59 Å². The van der Waals surface area contributed by atoms with Gasteiger partial charge in [0.1, 0.15) is 0 Å². The van der Waals surface area contributed by atoms with E-state index < -0.39 is 0 Å². The summed E-state index contributed by atoms with van der Waals surface area (Å²) >= 11 is 0. The second-order valence-electron chi connectivity index (χ2n) is 9.48. The standard InChI is InChI=1S/C28H26N6O2/c1-32(2)22-11-13-33(17-22)28(36)18-3-6-21(7-4-18)31-24-9-10-25(34-14-12-29-26(24)34)19-5-8-23-20(15-19)16-30-27(23)35/h3-10,12,14-16,22,31H,11,13,17H2,1-2H3. The van der Waals surface area contributed by atoms with Crippen LogP contribution in [0.2, 0.25) is 0 Å². The lowest BCUT2D eigenvalue weighted by Gasteiger charge is -2.20. The number of imidazole rings is 1. The maximum absolute atomic E-state index is 12.9. The first-order valence-electron chi connectivity index (χ1n) is 12.0. The smallest absolute Gasteiger partial charge is 0.277 e. The molecule has 1 unspecified atom stereocenters. The summed E-state index contributed by atoms with van der Waals surface area (Å²) in [5, 5.41) is 3.44. The van der Waals surface area contributed by atoms with E-state index >= 15 is 0 Å². The third kappa shape index (κ3) is 3.85. The fourth-order valence-corrected chi connectivity index (χ4v) is 4.95. The number of hydrogen-bond acceptors (Lipinski definition) is 5. The van der Waals surface area contributed by atoms with Crippen LogP contribution < -0.4 is 5.32 Å². The minimum absolute atomic E-state index is 0.0759. The normalized spacial score (nSPS) is 16.8. The maximum Gasteiger partial charge on any atom is 0.277 e. The lowest BCUT2D eigenvalue weighted by atomic mass is 10.0. The molecule has 2 aromatic heterocycles. The number of aromatic nitrogens is 2. The Morgan fingerprint density at radius 3 is 2.69 bits per heavy atom. The second kappa shape index (κ2) is 8.73. The topological polar surface area (TPSA) is 82.3 Å². The summed E-state index contributed by atoms with van der Waals surface area (Å²) in [7, 11) is 4.12. The first-order valence-corrected chi connectivity index (χ1v) is 12.0. The molecule has 1 saturated heterocycles. The highest BCUT2D eigenvalue weighted by Crippen LogP contribution is 2.29. The third-order valence-electron chi connectivity index (χ3n) is 7.04. The summed E-state index contributed by atoms with van der Waals surface area (Å²) in [4.78, 5) is 37.3. The minimum Gasteiger partial charge on any atom is -0.352 e. The molecule has 2 aromatic carbocycles. The van der Waals surface area contributed by atoms with Crippen molar-refractivity contribution >= 4 is 35.1 Å². The van der Waals surface area contributed by atoms with Crippen LogP contribution in [0.5, 0.6) is 0 Å². The van der Waals surface area contributed by atoms with E-state index in [9.17, 15) is 9.59 Å². The summed E-state index contributed by atoms with van der Waals surface area (Å²) in [6, 6.07) is 17.8. The summed E-state index contributed by atoms with van der Waals surface area (Å²) in [6.07, 6.45) is 6.30. The Hall–Kier alpha value is -4.30. The Balaban J connectivity index is 1.22. The van der Waals surface area contributed by atoms with Crippen molar-refractivity contribution in [1.29, 1.82) is 0 Å². The predicted molar refractivity (Wildman–Crippen MR) is 140 cm³/mol. The van der Waals surface area contributed by atoms with E-state index in [0.717, 1.165) is 53.4 Å². The quantitative estimate of drug-likeness (QED) is 0.467. The molecule has 1 N–H and O–H groups in total. The number of aliphatic imine (C=N–C) groups is 1. The number of hydrogen-bond donors (Lipinski definition) is 1. The number of pyridine rings is 1. The van der Waals surface area contributed by atoms with Gasteiger partial charge in [-0.25, -0.2) is 9.98 Å². The van der Waals surface area contributed by atoms with Crippen molar-refractivity contribution in [2.45, 2.75) is 12.5 Å². The Morgan fingerprint density at radius 1 is 1.08 bits per heavy atom. The molecule has 2 aliphatic rings. The number of benzene rings is 2. The number of likely N-dealkylation sites (N-methyl/N-ethyl adjacent to an activating group) is 1. The van der Waals surface area contributed by atoms with Crippen LogP contribution in [0.3, 0.4) is 0 Å². The van der Waals surface area contributed by atoms with Gasteiger partial charge in [-0.05, 0) is 74.6 Å². The molecule has 1 fully saturated rings. The van der Waals surface area contributed by atoms with Gasteiger partial charge in [-0.2, -0.15) is 0 Å². The number of likely N-dealkylation sites (tertiary alicyclic amines) is 1. The molecule has 6 rings (SSSR count). The van der Waals surface area contributed by atoms with Gasteiger partial charge in [-0.15, -0.1) is 0 Å². The number of carbonyl (C=O) groups excluding carboxylic acids is 2. The number of nitrogens with one attached hydrogen (secondary N) is 1. The van der Waals surface area contributed by atoms with Crippen molar-refractivity contribution in [2.75, 3.05) is 32.5 Å². The van der Waals surface area contributed by atoms with Gasteiger partial charge in [0.2, 0.25) is 0 Å². The number of amides is 2. The number of carbonyl (C=O) groups is 2. The van der Waals surface area contributed by atoms with E-state index in [0.29, 0.717) is 17.2 Å². The van der Waals surface area contributed by atoms with E-state index in [1.165, 1.54) is 0 Å². The average Bonchev–Trinajstić information content (AvgIpc) is 3.65. The lowest BCUT2D eigenvalue weighted by Crippen LogP contribution is -2.34. The van der Waals surface area contributed by atoms with Crippen molar-refractivity contribution in [3.05, 3.63) is 83.7 Å². The summed E-state index contributed by atoms with van der Waals surface area (Å²) in [5.41, 5.74) is 6.61. The maximum atomic E-state index is 12.9. The lowest BCUT2D eigenvalue weighted by molar-refractivity contribution is 0.0783. The van der Waals surface area contributed by atoms with E-state index in [1.54, 1.807) is 12.4 Å². The molecule has 0 radical (unpaired) electrons. The first kappa shape index (κ1) is 22.2. The fourth-order valence-electron chi connectivity index (χ4n) is 4.95. The molecule has 4 aromatic rings. The zero-order valence-corrected chi connectivity index (χ0v) is 20.2. The number of rotatable bonds is 5. The fraction of sp³-hybridized carbons (Fsp3) is 0.214. The van der Waals surface area contributed by atoms with Crippen LogP contribution >= 0.6 is 0 Å². The molecule has 0 aliphatic carbocycles. The predicted octanol–water partition coefficient (Wildman–Crippen LogP) is 4.09. The van der Waals surface area contributed by atoms with Crippen molar-refractivity contribution in [3.63, 3.8) is 0 Å². The van der Waals surface area contributed by atoms with Gasteiger partial charge in [0.25, 0.3) is 11.8 Å². The molecule has 180 valence electrons. The molecule has 2 amide bonds. The van der Waals surface area contributed by atoms with Crippen LogP contribution in [-0.2, 0) is 0 Å². The Kier molecular flexibility index (Phi) is 5.38. The average molecular weight is 479 g/mol. The van der Waals surface area contributed by atoms with Gasteiger partial charge in [-0.3, -0.25) is 14.0 Å². The molecule has 2 aliphatic heterocycles. The van der Waals surface area contributed by atoms with Crippen LogP contribution in [0.15, 0.2) is 72.0 Å². The van der Waals surface area contributed by atoms with Crippen LogP contribution in [0.1, 0.15) is 32.7 Å². The van der Waals surface area contributed by atoms with Gasteiger partial charge in [0.05, 0.1) is 16.9 Å². The van der Waals surface area contributed by atoms with Crippen LogP contribution in [0.25, 0.3) is 16.9 Å². The molecular weight excluding hydrogens is 452 g/mol. The highest BCUT2D eigenvalue weighted by Gasteiger charge is 2.28.